The van der Waals surface area contributed by atoms with Crippen LogP contribution in [-0.2, 0) is 11.3 Å². The number of alkyl halides is 4. The minimum atomic E-state index is -4.83. The lowest BCUT2D eigenvalue weighted by molar-refractivity contribution is -0.274. The highest BCUT2D eigenvalue weighted by Gasteiger charge is 2.43. The zero-order valence-electron chi connectivity index (χ0n) is 16.0. The molecule has 1 aliphatic heterocycles. The lowest BCUT2D eigenvalue weighted by atomic mass is 10.0. The molecule has 1 amide bonds. The molecule has 162 valence electrons. The maximum absolute atomic E-state index is 14.3. The summed E-state index contributed by atoms with van der Waals surface area (Å²) in [7, 11) is 2.60. The highest BCUT2D eigenvalue weighted by Crippen LogP contribution is 2.45. The molecule has 3 rings (SSSR count). The van der Waals surface area contributed by atoms with Gasteiger partial charge in [0.1, 0.15) is 11.5 Å². The second-order valence-electron chi connectivity index (χ2n) is 6.57. The number of halogens is 5. The van der Waals surface area contributed by atoms with Gasteiger partial charge in [0, 0.05) is 13.0 Å². The molecule has 1 saturated heterocycles. The van der Waals surface area contributed by atoms with Gasteiger partial charge in [-0.15, -0.1) is 13.2 Å². The molecule has 2 aromatic carbocycles. The first-order valence-electron chi connectivity index (χ1n) is 8.84. The molecule has 0 N–H and O–H groups in total. The first-order valence-corrected chi connectivity index (χ1v) is 8.84. The Morgan fingerprint density at radius 2 is 1.73 bits per heavy atom. The molecule has 0 aromatic heterocycles. The zero-order valence-corrected chi connectivity index (χ0v) is 16.0. The van der Waals surface area contributed by atoms with Crippen LogP contribution in [0.5, 0.6) is 17.2 Å². The van der Waals surface area contributed by atoms with Crippen LogP contribution in [0.4, 0.5) is 22.0 Å². The van der Waals surface area contributed by atoms with Crippen LogP contribution >= 0.6 is 0 Å². The number of ether oxygens (including phenoxy) is 3. The summed E-state index contributed by atoms with van der Waals surface area (Å²) in [6.07, 6.45) is -6.89. The molecule has 0 aliphatic carbocycles. The Bertz CT molecular complexity index is 917. The van der Waals surface area contributed by atoms with Gasteiger partial charge in [0.2, 0.25) is 0 Å². The molecule has 2 atom stereocenters. The summed E-state index contributed by atoms with van der Waals surface area (Å²) in [6, 6.07) is 6.44. The van der Waals surface area contributed by atoms with Crippen molar-refractivity contribution < 1.29 is 41.0 Å². The quantitative estimate of drug-likeness (QED) is 0.630. The maximum atomic E-state index is 14.3. The summed E-state index contributed by atoms with van der Waals surface area (Å²) in [5.41, 5.74) is 0.622. The summed E-state index contributed by atoms with van der Waals surface area (Å²) in [4.78, 5) is 13.6. The molecule has 0 spiro atoms. The SMILES string of the molecule is COc1ccc(F)c(OC)c1C1CC(F)C(=O)N1Cc1ccc(OC(F)(F)F)cc1. The third-order valence-corrected chi connectivity index (χ3v) is 4.73. The lowest BCUT2D eigenvalue weighted by Gasteiger charge is -2.27. The third-order valence-electron chi connectivity index (χ3n) is 4.73. The summed E-state index contributed by atoms with van der Waals surface area (Å²) in [6.45, 7) is -0.112. The second-order valence-corrected chi connectivity index (χ2v) is 6.57. The molecule has 1 heterocycles. The van der Waals surface area contributed by atoms with Crippen LogP contribution in [0.25, 0.3) is 0 Å². The zero-order chi connectivity index (χ0) is 22.1. The fourth-order valence-corrected chi connectivity index (χ4v) is 3.47. The average molecular weight is 431 g/mol. The maximum Gasteiger partial charge on any atom is 0.573 e. The minimum Gasteiger partial charge on any atom is -0.496 e. The number of hydrogen-bond acceptors (Lipinski definition) is 4. The van der Waals surface area contributed by atoms with E-state index in [4.69, 9.17) is 9.47 Å². The van der Waals surface area contributed by atoms with E-state index < -0.39 is 36.0 Å². The highest BCUT2D eigenvalue weighted by molar-refractivity contribution is 5.84. The predicted molar refractivity (Wildman–Crippen MR) is 95.4 cm³/mol. The standard InChI is InChI=1S/C20H18F5NO4/c1-28-16-8-7-13(21)18(29-2)17(16)15-9-14(22)19(27)26(15)10-11-3-5-12(6-4-11)30-20(23,24)25/h3-8,14-15H,9-10H2,1-2H3. The van der Waals surface area contributed by atoms with Gasteiger partial charge in [0.15, 0.2) is 17.7 Å². The topological polar surface area (TPSA) is 48.0 Å². The van der Waals surface area contributed by atoms with Crippen LogP contribution in [0.1, 0.15) is 23.6 Å². The van der Waals surface area contributed by atoms with E-state index in [2.05, 4.69) is 4.74 Å². The molecule has 0 saturated carbocycles. The number of rotatable bonds is 6. The van der Waals surface area contributed by atoms with E-state index in [1.807, 2.05) is 0 Å². The second kappa shape index (κ2) is 8.37. The summed E-state index contributed by atoms with van der Waals surface area (Å²) in [5.74, 6) is -1.88. The largest absolute Gasteiger partial charge is 0.573 e. The van der Waals surface area contributed by atoms with Crippen molar-refractivity contribution >= 4 is 5.91 Å². The Balaban J connectivity index is 1.92. The van der Waals surface area contributed by atoms with E-state index in [1.165, 1.54) is 37.3 Å². The Labute approximate surface area is 168 Å². The fourth-order valence-electron chi connectivity index (χ4n) is 3.47. The van der Waals surface area contributed by atoms with Gasteiger partial charge in [-0.1, -0.05) is 12.1 Å². The summed E-state index contributed by atoms with van der Waals surface area (Å²) < 4.78 is 79.7. The Kier molecular flexibility index (Phi) is 6.04. The van der Waals surface area contributed by atoms with Crippen molar-refractivity contribution in [3.63, 3.8) is 0 Å². The number of methoxy groups -OCH3 is 2. The van der Waals surface area contributed by atoms with E-state index in [1.54, 1.807) is 0 Å². The van der Waals surface area contributed by atoms with Gasteiger partial charge in [-0.25, -0.2) is 8.78 Å². The molecule has 2 unspecified atom stereocenters. The van der Waals surface area contributed by atoms with Crippen molar-refractivity contribution in [3.05, 3.63) is 53.3 Å². The minimum absolute atomic E-state index is 0.112. The molecule has 5 nitrogen and oxygen atoms in total. The van der Waals surface area contributed by atoms with Gasteiger partial charge in [-0.2, -0.15) is 0 Å². The average Bonchev–Trinajstić information content (AvgIpc) is 2.96. The monoisotopic (exact) mass is 431 g/mol. The van der Waals surface area contributed by atoms with Gasteiger partial charge in [-0.3, -0.25) is 4.79 Å². The normalized spacial score (nSPS) is 19.2. The third kappa shape index (κ3) is 4.42. The molecular weight excluding hydrogens is 413 g/mol. The lowest BCUT2D eigenvalue weighted by Crippen LogP contribution is -2.30. The Morgan fingerprint density at radius 3 is 2.30 bits per heavy atom. The van der Waals surface area contributed by atoms with E-state index in [9.17, 15) is 26.7 Å². The molecule has 1 fully saturated rings. The van der Waals surface area contributed by atoms with Crippen molar-refractivity contribution in [2.45, 2.75) is 31.5 Å². The van der Waals surface area contributed by atoms with Crippen molar-refractivity contribution in [1.82, 2.24) is 4.90 Å². The number of carbonyl (C=O) groups excluding carboxylic acids is 1. The van der Waals surface area contributed by atoms with E-state index in [0.717, 1.165) is 18.2 Å². The first kappa shape index (κ1) is 21.7. The van der Waals surface area contributed by atoms with Gasteiger partial charge in [0.05, 0.1) is 25.8 Å². The van der Waals surface area contributed by atoms with Gasteiger partial charge in [0.25, 0.3) is 5.91 Å². The summed E-state index contributed by atoms with van der Waals surface area (Å²) in [5, 5.41) is 0. The van der Waals surface area contributed by atoms with Crippen LogP contribution < -0.4 is 14.2 Å². The van der Waals surface area contributed by atoms with Crippen LogP contribution in [0.15, 0.2) is 36.4 Å². The fraction of sp³-hybridized carbons (Fsp3) is 0.350. The van der Waals surface area contributed by atoms with Crippen molar-refractivity contribution in [2.75, 3.05) is 14.2 Å². The Morgan fingerprint density at radius 1 is 1.07 bits per heavy atom. The molecule has 30 heavy (non-hydrogen) atoms. The predicted octanol–water partition coefficient (Wildman–Crippen LogP) is 4.55. The van der Waals surface area contributed by atoms with Crippen LogP contribution in [0.3, 0.4) is 0 Å². The van der Waals surface area contributed by atoms with Gasteiger partial charge >= 0.3 is 6.36 Å². The summed E-state index contributed by atoms with van der Waals surface area (Å²) >= 11 is 0. The molecule has 10 heteroatoms. The number of benzene rings is 2. The van der Waals surface area contributed by atoms with Crippen molar-refractivity contribution in [3.8, 4) is 17.2 Å². The number of nitrogens with zero attached hydrogens (tertiary/aromatic N) is 1. The van der Waals surface area contributed by atoms with Crippen LogP contribution in [0.2, 0.25) is 0 Å². The van der Waals surface area contributed by atoms with Crippen LogP contribution in [0, 0.1) is 5.82 Å². The smallest absolute Gasteiger partial charge is 0.496 e. The molecule has 1 aliphatic rings. The number of likely N-dealkylation sites (tertiary alicyclic amines) is 1. The van der Waals surface area contributed by atoms with Crippen LogP contribution in [-0.4, -0.2) is 37.6 Å². The number of hydrogen-bond donors (Lipinski definition) is 0. The molecular formula is C20H18F5NO4. The van der Waals surface area contributed by atoms with E-state index in [-0.39, 0.29) is 30.0 Å². The Hall–Kier alpha value is -3.04. The molecule has 2 aromatic rings. The van der Waals surface area contributed by atoms with Gasteiger partial charge in [-0.05, 0) is 29.8 Å². The van der Waals surface area contributed by atoms with Crippen molar-refractivity contribution in [2.24, 2.45) is 0 Å². The van der Waals surface area contributed by atoms with E-state index in [0.29, 0.717) is 5.56 Å². The first-order chi connectivity index (χ1) is 14.1. The molecule has 0 bridgehead atoms. The highest BCUT2D eigenvalue weighted by atomic mass is 19.4. The van der Waals surface area contributed by atoms with E-state index >= 15 is 0 Å². The molecule has 0 radical (unpaired) electrons. The van der Waals surface area contributed by atoms with Crippen molar-refractivity contribution in [1.29, 1.82) is 0 Å². The number of carbonyl (C=O) groups is 1. The number of amides is 1. The van der Waals surface area contributed by atoms with Gasteiger partial charge < -0.3 is 19.1 Å².